The second-order valence-electron chi connectivity index (χ2n) is 6.77. The largest absolute Gasteiger partial charge is 0.409 e. The van der Waals surface area contributed by atoms with Crippen LogP contribution in [0.2, 0.25) is 0 Å². The van der Waals surface area contributed by atoms with Crippen molar-refractivity contribution in [1.29, 1.82) is 0 Å². The highest BCUT2D eigenvalue weighted by Crippen LogP contribution is 2.39. The molecule has 1 amide bonds. The number of oxime groups is 1. The van der Waals surface area contributed by atoms with Crippen LogP contribution in [0.25, 0.3) is 0 Å². The van der Waals surface area contributed by atoms with E-state index >= 15 is 0 Å². The predicted molar refractivity (Wildman–Crippen MR) is 80.0 cm³/mol. The lowest BCUT2D eigenvalue weighted by Crippen LogP contribution is -2.52. The summed E-state index contributed by atoms with van der Waals surface area (Å²) in [7, 11) is 0. The SMILES string of the molecule is CC1(O)CCCN(C(=O)C2(C(N)=NO)CCCCC2)CC1. The Bertz CT molecular complexity index is 414. The Morgan fingerprint density at radius 1 is 1.10 bits per heavy atom. The molecule has 0 spiro atoms. The van der Waals surface area contributed by atoms with Crippen LogP contribution in [0.5, 0.6) is 0 Å². The highest BCUT2D eigenvalue weighted by atomic mass is 16.4. The molecular formula is C15H27N3O3. The zero-order valence-corrected chi connectivity index (χ0v) is 12.8. The summed E-state index contributed by atoms with van der Waals surface area (Å²) in [5, 5.41) is 22.4. The van der Waals surface area contributed by atoms with E-state index in [1.165, 1.54) is 0 Å². The molecule has 0 aromatic rings. The number of rotatable bonds is 2. The standard InChI is InChI=1S/C15H27N3O3/c1-14(20)6-5-10-18(11-9-14)13(19)15(12(16)17-21)7-3-2-4-8-15/h20-21H,2-11H2,1H3,(H2,16,17). The highest BCUT2D eigenvalue weighted by molar-refractivity contribution is 6.06. The van der Waals surface area contributed by atoms with Gasteiger partial charge in [0.2, 0.25) is 5.91 Å². The Hall–Kier alpha value is -1.30. The van der Waals surface area contributed by atoms with E-state index in [0.717, 1.165) is 25.7 Å². The van der Waals surface area contributed by atoms with E-state index in [9.17, 15) is 9.90 Å². The second-order valence-corrected chi connectivity index (χ2v) is 6.77. The fourth-order valence-corrected chi connectivity index (χ4v) is 3.60. The van der Waals surface area contributed by atoms with Crippen LogP contribution in [0.1, 0.15) is 58.3 Å². The van der Waals surface area contributed by atoms with Gasteiger partial charge in [-0.15, -0.1) is 0 Å². The average molecular weight is 297 g/mol. The topological polar surface area (TPSA) is 99.2 Å². The molecule has 1 heterocycles. The molecule has 2 fully saturated rings. The van der Waals surface area contributed by atoms with E-state index < -0.39 is 11.0 Å². The van der Waals surface area contributed by atoms with Crippen LogP contribution >= 0.6 is 0 Å². The molecule has 0 radical (unpaired) electrons. The van der Waals surface area contributed by atoms with Crippen LogP contribution in [-0.2, 0) is 4.79 Å². The van der Waals surface area contributed by atoms with Crippen LogP contribution in [0.4, 0.5) is 0 Å². The van der Waals surface area contributed by atoms with Crippen molar-refractivity contribution in [3.8, 4) is 0 Å². The molecule has 21 heavy (non-hydrogen) atoms. The summed E-state index contributed by atoms with van der Waals surface area (Å²) in [6, 6.07) is 0. The van der Waals surface area contributed by atoms with E-state index in [1.807, 2.05) is 6.92 Å². The normalized spacial score (nSPS) is 30.8. The fourth-order valence-electron chi connectivity index (χ4n) is 3.60. The Kier molecular flexibility index (Phi) is 4.76. The summed E-state index contributed by atoms with van der Waals surface area (Å²) in [5.74, 6) is 0.0124. The quantitative estimate of drug-likeness (QED) is 0.311. The zero-order chi connectivity index (χ0) is 15.5. The Morgan fingerprint density at radius 3 is 2.38 bits per heavy atom. The van der Waals surface area contributed by atoms with Gasteiger partial charge in [0, 0.05) is 13.1 Å². The third-order valence-corrected chi connectivity index (χ3v) is 5.07. The Morgan fingerprint density at radius 2 is 1.76 bits per heavy atom. The van der Waals surface area contributed by atoms with E-state index in [4.69, 9.17) is 10.9 Å². The number of carbonyl (C=O) groups is 1. The van der Waals surface area contributed by atoms with Crippen molar-refractivity contribution in [2.75, 3.05) is 13.1 Å². The molecule has 4 N–H and O–H groups in total. The summed E-state index contributed by atoms with van der Waals surface area (Å²) >= 11 is 0. The number of aliphatic hydroxyl groups is 1. The molecule has 1 aliphatic heterocycles. The molecule has 2 rings (SSSR count). The van der Waals surface area contributed by atoms with Crippen LogP contribution in [0.15, 0.2) is 5.16 Å². The number of hydrogen-bond acceptors (Lipinski definition) is 4. The summed E-state index contributed by atoms with van der Waals surface area (Å²) in [6.07, 6.45) is 6.29. The van der Waals surface area contributed by atoms with Crippen LogP contribution in [0, 0.1) is 5.41 Å². The van der Waals surface area contributed by atoms with E-state index in [-0.39, 0.29) is 11.7 Å². The highest BCUT2D eigenvalue weighted by Gasteiger charge is 2.46. The number of amidine groups is 1. The van der Waals surface area contributed by atoms with Crippen molar-refractivity contribution >= 4 is 11.7 Å². The lowest BCUT2D eigenvalue weighted by molar-refractivity contribution is -0.140. The van der Waals surface area contributed by atoms with E-state index in [2.05, 4.69) is 5.16 Å². The smallest absolute Gasteiger partial charge is 0.236 e. The molecule has 1 saturated heterocycles. The third-order valence-electron chi connectivity index (χ3n) is 5.07. The summed E-state index contributed by atoms with van der Waals surface area (Å²) in [4.78, 5) is 14.8. The molecule has 0 aromatic carbocycles. The lowest BCUT2D eigenvalue weighted by atomic mass is 9.72. The van der Waals surface area contributed by atoms with Crippen LogP contribution < -0.4 is 5.73 Å². The van der Waals surface area contributed by atoms with Gasteiger partial charge in [-0.1, -0.05) is 24.4 Å². The van der Waals surface area contributed by atoms with Gasteiger partial charge < -0.3 is 20.9 Å². The van der Waals surface area contributed by atoms with Crippen molar-refractivity contribution in [1.82, 2.24) is 4.90 Å². The molecule has 120 valence electrons. The van der Waals surface area contributed by atoms with Crippen molar-refractivity contribution in [3.63, 3.8) is 0 Å². The second kappa shape index (κ2) is 6.22. The van der Waals surface area contributed by atoms with Gasteiger partial charge in [0.25, 0.3) is 0 Å². The van der Waals surface area contributed by atoms with Crippen molar-refractivity contribution in [2.45, 2.75) is 63.9 Å². The average Bonchev–Trinajstić information content (AvgIpc) is 2.67. The molecule has 6 nitrogen and oxygen atoms in total. The van der Waals surface area contributed by atoms with Crippen LogP contribution in [-0.4, -0.2) is 45.6 Å². The molecule has 0 bridgehead atoms. The van der Waals surface area contributed by atoms with Crippen molar-refractivity contribution in [3.05, 3.63) is 0 Å². The minimum absolute atomic E-state index is 0.0322. The maximum absolute atomic E-state index is 13.0. The summed E-state index contributed by atoms with van der Waals surface area (Å²) < 4.78 is 0. The lowest BCUT2D eigenvalue weighted by Gasteiger charge is -2.38. The Labute approximate surface area is 126 Å². The fraction of sp³-hybridized carbons (Fsp3) is 0.867. The van der Waals surface area contributed by atoms with Gasteiger partial charge in [-0.2, -0.15) is 0 Å². The number of likely N-dealkylation sites (tertiary alicyclic amines) is 1. The Balaban J connectivity index is 2.18. The van der Waals surface area contributed by atoms with Gasteiger partial charge >= 0.3 is 0 Å². The predicted octanol–water partition coefficient (Wildman–Crippen LogP) is 1.45. The summed E-state index contributed by atoms with van der Waals surface area (Å²) in [5.41, 5.74) is 4.34. The van der Waals surface area contributed by atoms with Crippen molar-refractivity contribution in [2.24, 2.45) is 16.3 Å². The van der Waals surface area contributed by atoms with Gasteiger partial charge in [-0.05, 0) is 39.0 Å². The third kappa shape index (κ3) is 3.31. The minimum atomic E-state index is -0.844. The first-order valence-electron chi connectivity index (χ1n) is 7.91. The van der Waals surface area contributed by atoms with Gasteiger partial charge in [-0.25, -0.2) is 0 Å². The number of hydrogen-bond donors (Lipinski definition) is 3. The molecule has 1 atom stereocenters. The molecule has 6 heteroatoms. The van der Waals surface area contributed by atoms with Gasteiger partial charge in [0.15, 0.2) is 5.84 Å². The van der Waals surface area contributed by atoms with Crippen LogP contribution in [0.3, 0.4) is 0 Å². The first kappa shape index (κ1) is 16.1. The molecule has 1 saturated carbocycles. The van der Waals surface area contributed by atoms with Crippen molar-refractivity contribution < 1.29 is 15.1 Å². The molecule has 1 unspecified atom stereocenters. The molecule has 1 aliphatic carbocycles. The van der Waals surface area contributed by atoms with E-state index in [0.29, 0.717) is 38.8 Å². The maximum Gasteiger partial charge on any atom is 0.236 e. The summed E-state index contributed by atoms with van der Waals surface area (Å²) in [6.45, 7) is 2.99. The zero-order valence-electron chi connectivity index (χ0n) is 12.8. The molecular weight excluding hydrogens is 270 g/mol. The van der Waals surface area contributed by atoms with E-state index in [1.54, 1.807) is 4.90 Å². The number of amides is 1. The first-order valence-corrected chi connectivity index (χ1v) is 7.91. The van der Waals surface area contributed by atoms with Gasteiger partial charge in [0.05, 0.1) is 5.60 Å². The minimum Gasteiger partial charge on any atom is -0.409 e. The monoisotopic (exact) mass is 297 g/mol. The number of nitrogens with two attached hydrogens (primary N) is 1. The van der Waals surface area contributed by atoms with Gasteiger partial charge in [-0.3, -0.25) is 4.79 Å². The number of nitrogens with zero attached hydrogens (tertiary/aromatic N) is 2. The number of carbonyl (C=O) groups excluding carboxylic acids is 1. The maximum atomic E-state index is 13.0. The molecule has 2 aliphatic rings. The van der Waals surface area contributed by atoms with Gasteiger partial charge in [0.1, 0.15) is 5.41 Å². The first-order chi connectivity index (χ1) is 9.91. The molecule has 0 aromatic heterocycles.